The lowest BCUT2D eigenvalue weighted by molar-refractivity contribution is -0.139. The van der Waals surface area contributed by atoms with Gasteiger partial charge in [0.1, 0.15) is 6.54 Å². The highest BCUT2D eigenvalue weighted by atomic mass is 16.2. The summed E-state index contributed by atoms with van der Waals surface area (Å²) < 4.78 is 0. The molecule has 27 heavy (non-hydrogen) atoms. The largest absolute Gasteiger partial charge is 0.324 e. The van der Waals surface area contributed by atoms with Crippen LogP contribution in [0.4, 0.5) is 5.69 Å². The second-order valence-electron chi connectivity index (χ2n) is 6.61. The van der Waals surface area contributed by atoms with E-state index >= 15 is 0 Å². The van der Waals surface area contributed by atoms with Gasteiger partial charge < -0.3 is 5.32 Å². The van der Waals surface area contributed by atoms with Gasteiger partial charge in [-0.2, -0.15) is 0 Å². The molecule has 5 nitrogen and oxygen atoms in total. The van der Waals surface area contributed by atoms with Crippen molar-refractivity contribution in [3.05, 3.63) is 66.7 Å². The molecule has 1 heterocycles. The maximum Gasteiger partial charge on any atom is 0.254 e. The minimum atomic E-state index is -0.467. The molecule has 5 heteroatoms. The van der Waals surface area contributed by atoms with Crippen LogP contribution in [-0.4, -0.2) is 29.2 Å². The van der Waals surface area contributed by atoms with Gasteiger partial charge in [-0.25, -0.2) is 0 Å². The predicted octanol–water partition coefficient (Wildman–Crippen LogP) is 3.45. The van der Waals surface area contributed by atoms with Gasteiger partial charge in [0.15, 0.2) is 0 Å². The van der Waals surface area contributed by atoms with E-state index in [1.165, 1.54) is 12.2 Å². The molecular formula is C22H14N2O3. The third kappa shape index (κ3) is 2.36. The van der Waals surface area contributed by atoms with E-state index in [1.54, 1.807) is 0 Å². The predicted molar refractivity (Wildman–Crippen MR) is 105 cm³/mol. The summed E-state index contributed by atoms with van der Waals surface area (Å²) in [6.45, 7) is -0.299. The number of rotatable bonds is 3. The summed E-state index contributed by atoms with van der Waals surface area (Å²) in [4.78, 5) is 36.7. The van der Waals surface area contributed by atoms with E-state index in [0.29, 0.717) is 5.69 Å². The Morgan fingerprint density at radius 2 is 1.37 bits per heavy atom. The van der Waals surface area contributed by atoms with Gasteiger partial charge in [0, 0.05) is 23.2 Å². The monoisotopic (exact) mass is 354 g/mol. The zero-order valence-electron chi connectivity index (χ0n) is 14.2. The SMILES string of the molecule is O=C(CN1C(=O)C=CC1=O)Nc1ccc2ccc3cccc4ccc1c2c34. The summed E-state index contributed by atoms with van der Waals surface area (Å²) in [5.41, 5.74) is 0.665. The molecular weight excluding hydrogens is 340 g/mol. The number of imide groups is 1. The molecule has 0 spiro atoms. The quantitative estimate of drug-likeness (QED) is 0.453. The van der Waals surface area contributed by atoms with Crippen LogP contribution in [0.5, 0.6) is 0 Å². The van der Waals surface area contributed by atoms with Crippen molar-refractivity contribution >= 4 is 55.7 Å². The van der Waals surface area contributed by atoms with Gasteiger partial charge in [0.25, 0.3) is 11.8 Å². The van der Waals surface area contributed by atoms with Gasteiger partial charge in [-0.1, -0.05) is 48.5 Å². The Labute approximate surface area is 154 Å². The van der Waals surface area contributed by atoms with Gasteiger partial charge in [-0.3, -0.25) is 19.3 Å². The van der Waals surface area contributed by atoms with Crippen LogP contribution in [0.3, 0.4) is 0 Å². The van der Waals surface area contributed by atoms with Gasteiger partial charge in [0.05, 0.1) is 0 Å². The first kappa shape index (κ1) is 15.5. The van der Waals surface area contributed by atoms with Crippen molar-refractivity contribution in [2.24, 2.45) is 0 Å². The fourth-order valence-electron chi connectivity index (χ4n) is 3.76. The molecule has 1 N–H and O–H groups in total. The summed E-state index contributed by atoms with van der Waals surface area (Å²) in [5, 5.41) is 9.44. The highest BCUT2D eigenvalue weighted by Crippen LogP contribution is 2.37. The van der Waals surface area contributed by atoms with Crippen molar-refractivity contribution in [2.45, 2.75) is 0 Å². The standard InChI is InChI=1S/C22H14N2O3/c25-18(12-24-19(26)10-11-20(24)27)23-17-9-7-15-5-4-13-2-1-3-14-6-8-16(17)22(15)21(13)14/h1-11H,12H2,(H,23,25). The van der Waals surface area contributed by atoms with Crippen LogP contribution in [0.1, 0.15) is 0 Å². The Morgan fingerprint density at radius 1 is 0.778 bits per heavy atom. The van der Waals surface area contributed by atoms with Crippen molar-refractivity contribution in [3.8, 4) is 0 Å². The molecule has 5 rings (SSSR count). The highest BCUT2D eigenvalue weighted by Gasteiger charge is 2.25. The van der Waals surface area contributed by atoms with Crippen molar-refractivity contribution in [1.82, 2.24) is 4.90 Å². The van der Waals surface area contributed by atoms with E-state index in [1.807, 2.05) is 30.3 Å². The number of carbonyl (C=O) groups is 3. The van der Waals surface area contributed by atoms with Crippen LogP contribution in [-0.2, 0) is 14.4 Å². The Kier molecular flexibility index (Phi) is 3.24. The maximum absolute atomic E-state index is 12.4. The van der Waals surface area contributed by atoms with Gasteiger partial charge >= 0.3 is 0 Å². The molecule has 0 saturated carbocycles. The molecule has 0 unspecified atom stereocenters. The first-order chi connectivity index (χ1) is 13.1. The molecule has 130 valence electrons. The lowest BCUT2D eigenvalue weighted by Crippen LogP contribution is -2.37. The van der Waals surface area contributed by atoms with Gasteiger partial charge in [-0.15, -0.1) is 0 Å². The first-order valence-electron chi connectivity index (χ1n) is 8.62. The van der Waals surface area contributed by atoms with Crippen LogP contribution in [0.25, 0.3) is 32.3 Å². The number of nitrogens with zero attached hydrogens (tertiary/aromatic N) is 1. The maximum atomic E-state index is 12.4. The van der Waals surface area contributed by atoms with E-state index in [9.17, 15) is 14.4 Å². The summed E-state index contributed by atoms with van der Waals surface area (Å²) in [7, 11) is 0. The second kappa shape index (κ2) is 5.64. The van der Waals surface area contributed by atoms with Crippen LogP contribution in [0.2, 0.25) is 0 Å². The molecule has 0 fully saturated rings. The second-order valence-corrected chi connectivity index (χ2v) is 6.61. The molecule has 0 atom stereocenters. The van der Waals surface area contributed by atoms with E-state index < -0.39 is 17.7 Å². The van der Waals surface area contributed by atoms with Crippen molar-refractivity contribution < 1.29 is 14.4 Å². The number of anilines is 1. The van der Waals surface area contributed by atoms with Crippen molar-refractivity contribution in [3.63, 3.8) is 0 Å². The lowest BCUT2D eigenvalue weighted by atomic mass is 9.93. The number of amides is 3. The molecule has 4 aromatic rings. The van der Waals surface area contributed by atoms with Crippen LogP contribution >= 0.6 is 0 Å². The molecule has 4 aromatic carbocycles. The summed E-state index contributed by atoms with van der Waals surface area (Å²) in [6, 6.07) is 18.2. The Hall–Kier alpha value is -3.73. The lowest BCUT2D eigenvalue weighted by Gasteiger charge is -2.16. The zero-order valence-corrected chi connectivity index (χ0v) is 14.2. The van der Waals surface area contributed by atoms with E-state index in [0.717, 1.165) is 37.2 Å². The smallest absolute Gasteiger partial charge is 0.254 e. The number of hydrogen-bond donors (Lipinski definition) is 1. The zero-order chi connectivity index (χ0) is 18.5. The minimum absolute atomic E-state index is 0.299. The summed E-state index contributed by atoms with van der Waals surface area (Å²) >= 11 is 0. The van der Waals surface area contributed by atoms with Crippen molar-refractivity contribution in [2.75, 3.05) is 11.9 Å². The van der Waals surface area contributed by atoms with Gasteiger partial charge in [-0.05, 0) is 33.0 Å². The number of carbonyl (C=O) groups excluding carboxylic acids is 3. The molecule has 0 aliphatic carbocycles. The topological polar surface area (TPSA) is 66.5 Å². The van der Waals surface area contributed by atoms with Crippen molar-refractivity contribution in [1.29, 1.82) is 0 Å². The summed E-state index contributed by atoms with van der Waals surface area (Å²) in [6.07, 6.45) is 2.34. The Bertz CT molecular complexity index is 1260. The average Bonchev–Trinajstić information content (AvgIpc) is 2.99. The van der Waals surface area contributed by atoms with E-state index in [-0.39, 0.29) is 6.54 Å². The molecule has 0 saturated heterocycles. The number of benzene rings is 4. The fraction of sp³-hybridized carbons (Fsp3) is 0.0455. The van der Waals surface area contributed by atoms with Crippen LogP contribution in [0, 0.1) is 0 Å². The molecule has 1 aliphatic rings. The molecule has 0 radical (unpaired) electrons. The molecule has 1 aliphatic heterocycles. The normalized spacial score (nSPS) is 14.1. The molecule has 3 amide bonds. The first-order valence-corrected chi connectivity index (χ1v) is 8.62. The third-order valence-electron chi connectivity index (χ3n) is 5.01. The fourth-order valence-corrected chi connectivity index (χ4v) is 3.76. The summed E-state index contributed by atoms with van der Waals surface area (Å²) in [5.74, 6) is -1.34. The van der Waals surface area contributed by atoms with E-state index in [2.05, 4.69) is 29.6 Å². The van der Waals surface area contributed by atoms with E-state index in [4.69, 9.17) is 0 Å². The number of nitrogens with one attached hydrogen (secondary N) is 1. The van der Waals surface area contributed by atoms with Crippen LogP contribution in [0.15, 0.2) is 66.7 Å². The Balaban J connectivity index is 1.56. The minimum Gasteiger partial charge on any atom is -0.324 e. The average molecular weight is 354 g/mol. The number of hydrogen-bond acceptors (Lipinski definition) is 3. The Morgan fingerprint density at radius 3 is 2.07 bits per heavy atom. The highest BCUT2D eigenvalue weighted by molar-refractivity contribution is 6.26. The molecule has 0 bridgehead atoms. The van der Waals surface area contributed by atoms with Gasteiger partial charge in [0.2, 0.25) is 5.91 Å². The van der Waals surface area contributed by atoms with Crippen LogP contribution < -0.4 is 5.32 Å². The third-order valence-corrected chi connectivity index (χ3v) is 5.01. The molecule has 0 aromatic heterocycles.